The van der Waals surface area contributed by atoms with Gasteiger partial charge in [0.2, 0.25) is 6.29 Å². The highest BCUT2D eigenvalue weighted by Crippen LogP contribution is 2.57. The first kappa shape index (κ1) is 14.0. The van der Waals surface area contributed by atoms with Gasteiger partial charge < -0.3 is 19.3 Å². The van der Waals surface area contributed by atoms with E-state index in [4.69, 9.17) is 14.2 Å². The fraction of sp³-hybridized carbons (Fsp3) is 0.800. The second-order valence-corrected chi connectivity index (χ2v) is 6.68. The molecule has 1 saturated carbocycles. The number of ether oxygens (including phenoxy) is 3. The fourth-order valence-corrected chi connectivity index (χ4v) is 3.66. The Balaban J connectivity index is 1.79. The Morgan fingerprint density at radius 3 is 2.95 bits per heavy atom. The van der Waals surface area contributed by atoms with Gasteiger partial charge in [0, 0.05) is 6.42 Å². The summed E-state index contributed by atoms with van der Waals surface area (Å²) in [5, 5.41) is 10.2. The first-order valence-electron chi connectivity index (χ1n) is 7.22. The molecule has 0 aromatic rings. The third-order valence-corrected chi connectivity index (χ3v) is 4.75. The first-order chi connectivity index (χ1) is 9.33. The van der Waals surface area contributed by atoms with Crippen molar-refractivity contribution < 1.29 is 24.1 Å². The van der Waals surface area contributed by atoms with E-state index in [0.29, 0.717) is 12.8 Å². The van der Waals surface area contributed by atoms with E-state index in [-0.39, 0.29) is 23.7 Å². The van der Waals surface area contributed by atoms with Crippen molar-refractivity contribution in [3.8, 4) is 0 Å². The lowest BCUT2D eigenvalue weighted by Crippen LogP contribution is -2.62. The van der Waals surface area contributed by atoms with Crippen molar-refractivity contribution in [2.45, 2.75) is 57.9 Å². The average molecular weight is 282 g/mol. The van der Waals surface area contributed by atoms with E-state index in [1.165, 1.54) is 0 Å². The smallest absolute Gasteiger partial charge is 0.308 e. The zero-order valence-electron chi connectivity index (χ0n) is 12.2. The first-order valence-corrected chi connectivity index (χ1v) is 7.22. The van der Waals surface area contributed by atoms with Crippen LogP contribution < -0.4 is 0 Å². The van der Waals surface area contributed by atoms with E-state index in [9.17, 15) is 9.90 Å². The number of esters is 1. The van der Waals surface area contributed by atoms with Crippen molar-refractivity contribution in [3.63, 3.8) is 0 Å². The number of hydrogen-bond acceptors (Lipinski definition) is 5. The van der Waals surface area contributed by atoms with Crippen molar-refractivity contribution in [1.29, 1.82) is 0 Å². The van der Waals surface area contributed by atoms with E-state index < -0.39 is 24.3 Å². The van der Waals surface area contributed by atoms with Crippen LogP contribution in [0.4, 0.5) is 0 Å². The molecule has 6 atom stereocenters. The molecular formula is C15H22O5. The normalized spacial score (nSPS) is 46.0. The van der Waals surface area contributed by atoms with Crippen LogP contribution in [0.1, 0.15) is 33.6 Å². The van der Waals surface area contributed by atoms with Crippen LogP contribution in [-0.2, 0) is 19.0 Å². The maximum atomic E-state index is 11.9. The molecule has 0 radical (unpaired) electrons. The van der Waals surface area contributed by atoms with Crippen LogP contribution in [-0.4, -0.2) is 35.4 Å². The van der Waals surface area contributed by atoms with Gasteiger partial charge in [-0.25, -0.2) is 0 Å². The van der Waals surface area contributed by atoms with E-state index in [1.54, 1.807) is 0 Å². The van der Waals surface area contributed by atoms with Crippen molar-refractivity contribution in [2.24, 2.45) is 17.8 Å². The molecule has 4 bridgehead atoms. The highest BCUT2D eigenvalue weighted by atomic mass is 16.8. The van der Waals surface area contributed by atoms with Gasteiger partial charge in [-0.1, -0.05) is 20.4 Å². The Morgan fingerprint density at radius 1 is 1.60 bits per heavy atom. The van der Waals surface area contributed by atoms with E-state index in [0.717, 1.165) is 5.57 Å². The quantitative estimate of drug-likeness (QED) is 0.629. The fourth-order valence-electron chi connectivity index (χ4n) is 3.66. The lowest BCUT2D eigenvalue weighted by molar-refractivity contribution is -0.365. The lowest BCUT2D eigenvalue weighted by atomic mass is 9.77. The van der Waals surface area contributed by atoms with Crippen LogP contribution in [0.15, 0.2) is 12.2 Å². The second-order valence-electron chi connectivity index (χ2n) is 6.68. The highest BCUT2D eigenvalue weighted by Gasteiger charge is 2.66. The highest BCUT2D eigenvalue weighted by molar-refractivity contribution is 5.69. The molecule has 0 aromatic carbocycles. The van der Waals surface area contributed by atoms with Gasteiger partial charge in [0.1, 0.15) is 5.60 Å². The van der Waals surface area contributed by atoms with Gasteiger partial charge >= 0.3 is 5.97 Å². The standard InChI is InChI=1S/C15H22O5/c1-7(2)5-11(17)18-14-12-9-6-10(16)15(12,4)20-13(19-14)8(9)3/h7,9-10,12-14,16H,3,5-6H2,1-2,4H3/t9-,10+,12-,13?,14-,15-/m1/s1. The molecule has 4 fully saturated rings. The van der Waals surface area contributed by atoms with Crippen LogP contribution in [0.25, 0.3) is 0 Å². The summed E-state index contributed by atoms with van der Waals surface area (Å²) in [5.74, 6) is -0.0986. The predicted molar refractivity (Wildman–Crippen MR) is 70.4 cm³/mol. The van der Waals surface area contributed by atoms with Crippen molar-refractivity contribution >= 4 is 5.97 Å². The molecule has 20 heavy (non-hydrogen) atoms. The molecule has 112 valence electrons. The molecule has 1 aliphatic carbocycles. The van der Waals surface area contributed by atoms with Crippen molar-refractivity contribution in [2.75, 3.05) is 0 Å². The molecule has 5 nitrogen and oxygen atoms in total. The maximum Gasteiger partial charge on any atom is 0.308 e. The summed E-state index contributed by atoms with van der Waals surface area (Å²) < 4.78 is 17.0. The molecule has 5 heteroatoms. The maximum absolute atomic E-state index is 11.9. The van der Waals surface area contributed by atoms with E-state index in [1.807, 2.05) is 20.8 Å². The zero-order chi connectivity index (χ0) is 14.7. The third kappa shape index (κ3) is 1.91. The molecule has 0 amide bonds. The monoisotopic (exact) mass is 282 g/mol. The summed E-state index contributed by atoms with van der Waals surface area (Å²) in [7, 11) is 0. The van der Waals surface area contributed by atoms with Gasteiger partial charge in [-0.05, 0) is 30.8 Å². The van der Waals surface area contributed by atoms with Crippen LogP contribution in [0.3, 0.4) is 0 Å². The summed E-state index contributed by atoms with van der Waals surface area (Å²) in [5.41, 5.74) is 0.137. The Labute approximate surface area is 118 Å². The SMILES string of the molecule is C=C1C2O[C@@H](OC(=O)CC(C)C)[C@H]3[C@@H]1C[C@H](O)[C@@]3(C)O2. The van der Waals surface area contributed by atoms with Gasteiger partial charge in [-0.15, -0.1) is 0 Å². The van der Waals surface area contributed by atoms with Gasteiger partial charge in [0.25, 0.3) is 0 Å². The largest absolute Gasteiger partial charge is 0.435 e. The number of carbonyl (C=O) groups is 1. The summed E-state index contributed by atoms with van der Waals surface area (Å²) in [6.45, 7) is 9.80. The topological polar surface area (TPSA) is 65.0 Å². The van der Waals surface area contributed by atoms with Gasteiger partial charge in [-0.3, -0.25) is 4.79 Å². The number of hydrogen-bond donors (Lipinski definition) is 1. The third-order valence-electron chi connectivity index (χ3n) is 4.75. The summed E-state index contributed by atoms with van der Waals surface area (Å²) >= 11 is 0. The van der Waals surface area contributed by atoms with Gasteiger partial charge in [0.15, 0.2) is 6.29 Å². The minimum absolute atomic E-state index is 0.0966. The number of fused-ring (bicyclic) bond motifs is 1. The summed E-state index contributed by atoms with van der Waals surface area (Å²) in [6, 6.07) is 0. The molecule has 4 rings (SSSR count). The minimum Gasteiger partial charge on any atom is -0.435 e. The molecular weight excluding hydrogens is 260 g/mol. The lowest BCUT2D eigenvalue weighted by Gasteiger charge is -2.52. The van der Waals surface area contributed by atoms with Gasteiger partial charge in [0.05, 0.1) is 12.0 Å². The van der Waals surface area contributed by atoms with E-state index in [2.05, 4.69) is 6.58 Å². The molecule has 1 unspecified atom stereocenters. The molecule has 3 heterocycles. The summed E-state index contributed by atoms with van der Waals surface area (Å²) in [4.78, 5) is 11.9. The molecule has 0 spiro atoms. The van der Waals surface area contributed by atoms with Crippen molar-refractivity contribution in [1.82, 2.24) is 0 Å². The van der Waals surface area contributed by atoms with Gasteiger partial charge in [-0.2, -0.15) is 0 Å². The number of rotatable bonds is 3. The predicted octanol–water partition coefficient (Wildman–Crippen LogP) is 1.60. The molecule has 1 N–H and O–H groups in total. The Morgan fingerprint density at radius 2 is 2.30 bits per heavy atom. The number of aliphatic hydroxyl groups excluding tert-OH is 1. The number of aliphatic hydroxyl groups is 1. The summed E-state index contributed by atoms with van der Waals surface area (Å²) in [6.07, 6.45) is -0.836. The zero-order valence-corrected chi connectivity index (χ0v) is 12.2. The molecule has 3 aliphatic heterocycles. The number of carbonyl (C=O) groups excluding carboxylic acids is 1. The van der Waals surface area contributed by atoms with Crippen LogP contribution in [0.2, 0.25) is 0 Å². The Hall–Kier alpha value is -0.910. The Bertz CT molecular complexity index is 446. The second kappa shape index (κ2) is 4.55. The average Bonchev–Trinajstić information content (AvgIpc) is 2.55. The molecule has 0 aromatic heterocycles. The molecule has 3 saturated heterocycles. The van der Waals surface area contributed by atoms with Crippen LogP contribution in [0, 0.1) is 17.8 Å². The molecule has 4 aliphatic rings. The van der Waals surface area contributed by atoms with Crippen LogP contribution in [0.5, 0.6) is 0 Å². The Kier molecular flexibility index (Phi) is 3.19. The van der Waals surface area contributed by atoms with Crippen molar-refractivity contribution in [3.05, 3.63) is 12.2 Å². The van der Waals surface area contributed by atoms with Crippen LogP contribution >= 0.6 is 0 Å². The van der Waals surface area contributed by atoms with E-state index >= 15 is 0 Å². The minimum atomic E-state index is -0.711.